The molecule has 0 spiro atoms. The summed E-state index contributed by atoms with van der Waals surface area (Å²) in [4.78, 5) is 23.8. The van der Waals surface area contributed by atoms with Crippen molar-refractivity contribution in [2.24, 2.45) is 0 Å². The summed E-state index contributed by atoms with van der Waals surface area (Å²) in [5, 5.41) is 12.9. The van der Waals surface area contributed by atoms with Gasteiger partial charge in [0.05, 0.1) is 10.7 Å². The Labute approximate surface area is 141 Å². The molecule has 9 heteroatoms. The van der Waals surface area contributed by atoms with E-state index in [2.05, 4.69) is 25.4 Å². The molecule has 1 aromatic carbocycles. The van der Waals surface area contributed by atoms with E-state index in [-0.39, 0.29) is 5.82 Å². The molecule has 0 saturated carbocycles. The number of aryl methyl sites for hydroxylation is 1. The number of amides is 2. The van der Waals surface area contributed by atoms with Gasteiger partial charge in [0.2, 0.25) is 0 Å². The van der Waals surface area contributed by atoms with Crippen molar-refractivity contribution in [2.75, 3.05) is 10.6 Å². The first-order valence-electron chi connectivity index (χ1n) is 6.87. The van der Waals surface area contributed by atoms with E-state index < -0.39 is 11.8 Å². The quantitative estimate of drug-likeness (QED) is 0.710. The van der Waals surface area contributed by atoms with Crippen LogP contribution in [0.25, 0.3) is 5.69 Å². The molecule has 24 heavy (non-hydrogen) atoms. The predicted octanol–water partition coefficient (Wildman–Crippen LogP) is 2.40. The molecule has 3 rings (SSSR count). The molecule has 0 unspecified atom stereocenters. The lowest BCUT2D eigenvalue weighted by Gasteiger charge is -2.08. The lowest BCUT2D eigenvalue weighted by atomic mass is 10.2. The van der Waals surface area contributed by atoms with Crippen LogP contribution in [0.4, 0.5) is 11.5 Å². The molecule has 8 nitrogen and oxygen atoms in total. The van der Waals surface area contributed by atoms with Crippen LogP contribution in [-0.2, 0) is 9.59 Å². The summed E-state index contributed by atoms with van der Waals surface area (Å²) < 4.78 is 6.28. The standard InChI is InChI=1S/C15H12ClN5O3/c1-9-8-24-20-13(9)19-15(23)14(22)18-10-3-4-12(11(16)7-10)21-6-2-5-17-21/h2-8H,1H3,(H,18,22)(H,19,20,23). The molecule has 2 amide bonds. The molecule has 0 radical (unpaired) electrons. The molecule has 3 aromatic rings. The second-order valence-corrected chi connectivity index (χ2v) is 5.28. The van der Waals surface area contributed by atoms with Crippen molar-refractivity contribution in [1.82, 2.24) is 14.9 Å². The monoisotopic (exact) mass is 345 g/mol. The normalized spacial score (nSPS) is 10.4. The van der Waals surface area contributed by atoms with E-state index in [0.29, 0.717) is 22.0 Å². The fourth-order valence-electron chi connectivity index (χ4n) is 1.94. The molecule has 0 aliphatic rings. The average molecular weight is 346 g/mol. The number of nitrogens with zero attached hydrogens (tertiary/aromatic N) is 3. The molecule has 0 bridgehead atoms. The summed E-state index contributed by atoms with van der Waals surface area (Å²) in [7, 11) is 0. The van der Waals surface area contributed by atoms with Gasteiger partial charge in [-0.1, -0.05) is 16.8 Å². The van der Waals surface area contributed by atoms with Gasteiger partial charge in [-0.2, -0.15) is 5.10 Å². The lowest BCUT2D eigenvalue weighted by molar-refractivity contribution is -0.133. The minimum absolute atomic E-state index is 0.196. The highest BCUT2D eigenvalue weighted by atomic mass is 35.5. The molecule has 0 aliphatic carbocycles. The maximum atomic E-state index is 11.9. The van der Waals surface area contributed by atoms with Crippen LogP contribution in [0.5, 0.6) is 0 Å². The van der Waals surface area contributed by atoms with Crippen molar-refractivity contribution in [2.45, 2.75) is 6.92 Å². The van der Waals surface area contributed by atoms with Gasteiger partial charge in [0.15, 0.2) is 5.82 Å². The SMILES string of the molecule is Cc1conc1NC(=O)C(=O)Nc1ccc(-n2cccn2)c(Cl)c1. The highest BCUT2D eigenvalue weighted by Gasteiger charge is 2.17. The Bertz CT molecular complexity index is 888. The summed E-state index contributed by atoms with van der Waals surface area (Å²) in [6.45, 7) is 1.69. The molecular formula is C15H12ClN5O3. The first kappa shape index (κ1) is 15.8. The van der Waals surface area contributed by atoms with Gasteiger partial charge in [-0.25, -0.2) is 4.68 Å². The molecular weight excluding hydrogens is 334 g/mol. The van der Waals surface area contributed by atoms with E-state index in [0.717, 1.165) is 0 Å². The Kier molecular flexibility index (Phi) is 4.30. The van der Waals surface area contributed by atoms with Crippen LogP contribution in [0.1, 0.15) is 5.56 Å². The highest BCUT2D eigenvalue weighted by molar-refractivity contribution is 6.43. The van der Waals surface area contributed by atoms with Crippen LogP contribution >= 0.6 is 11.6 Å². The topological polar surface area (TPSA) is 102 Å². The van der Waals surface area contributed by atoms with E-state index in [1.165, 1.54) is 12.3 Å². The third-order valence-corrected chi connectivity index (χ3v) is 3.44. The predicted molar refractivity (Wildman–Crippen MR) is 87.1 cm³/mol. The van der Waals surface area contributed by atoms with Gasteiger partial charge in [-0.3, -0.25) is 14.9 Å². The molecule has 2 heterocycles. The van der Waals surface area contributed by atoms with Crippen LogP contribution in [0.2, 0.25) is 5.02 Å². The summed E-state index contributed by atoms with van der Waals surface area (Å²) in [5.41, 5.74) is 1.65. The maximum absolute atomic E-state index is 11.9. The van der Waals surface area contributed by atoms with E-state index in [1.54, 1.807) is 42.2 Å². The van der Waals surface area contributed by atoms with Crippen LogP contribution in [-0.4, -0.2) is 26.8 Å². The number of rotatable bonds is 3. The summed E-state index contributed by atoms with van der Waals surface area (Å²) in [6.07, 6.45) is 4.73. The smallest absolute Gasteiger partial charge is 0.315 e. The summed E-state index contributed by atoms with van der Waals surface area (Å²) in [6, 6.07) is 6.60. The van der Waals surface area contributed by atoms with Crippen molar-refractivity contribution in [3.63, 3.8) is 0 Å². The number of hydrogen-bond donors (Lipinski definition) is 2. The Hall–Kier alpha value is -3.13. The minimum Gasteiger partial charge on any atom is -0.362 e. The number of hydrogen-bond acceptors (Lipinski definition) is 5. The molecule has 0 aliphatic heterocycles. The zero-order chi connectivity index (χ0) is 17.1. The summed E-state index contributed by atoms with van der Waals surface area (Å²) in [5.74, 6) is -1.51. The number of anilines is 2. The van der Waals surface area contributed by atoms with E-state index in [9.17, 15) is 9.59 Å². The van der Waals surface area contributed by atoms with Crippen LogP contribution in [0.15, 0.2) is 47.4 Å². The first-order chi connectivity index (χ1) is 11.5. The molecule has 2 N–H and O–H groups in total. The third kappa shape index (κ3) is 3.28. The van der Waals surface area contributed by atoms with Crippen LogP contribution < -0.4 is 10.6 Å². The number of aromatic nitrogens is 3. The van der Waals surface area contributed by atoms with Crippen molar-refractivity contribution in [1.29, 1.82) is 0 Å². The Morgan fingerprint density at radius 2 is 2.04 bits per heavy atom. The van der Waals surface area contributed by atoms with Crippen LogP contribution in [0, 0.1) is 6.92 Å². The number of carbonyl (C=O) groups is 2. The van der Waals surface area contributed by atoms with Gasteiger partial charge >= 0.3 is 11.8 Å². The Morgan fingerprint density at radius 3 is 2.67 bits per heavy atom. The average Bonchev–Trinajstić information content (AvgIpc) is 3.20. The molecule has 122 valence electrons. The number of halogens is 1. The fourth-order valence-corrected chi connectivity index (χ4v) is 2.21. The Balaban J connectivity index is 1.69. The zero-order valence-corrected chi connectivity index (χ0v) is 13.2. The molecule has 0 fully saturated rings. The largest absolute Gasteiger partial charge is 0.362 e. The number of benzene rings is 1. The van der Waals surface area contributed by atoms with Crippen molar-refractivity contribution < 1.29 is 14.1 Å². The van der Waals surface area contributed by atoms with Gasteiger partial charge in [0, 0.05) is 23.6 Å². The second kappa shape index (κ2) is 6.55. The van der Waals surface area contributed by atoms with Gasteiger partial charge in [0.25, 0.3) is 0 Å². The lowest BCUT2D eigenvalue weighted by Crippen LogP contribution is -2.29. The fraction of sp³-hybridized carbons (Fsp3) is 0.0667. The third-order valence-electron chi connectivity index (χ3n) is 3.14. The first-order valence-corrected chi connectivity index (χ1v) is 7.25. The van der Waals surface area contributed by atoms with Gasteiger partial charge in [-0.15, -0.1) is 0 Å². The molecule has 2 aromatic heterocycles. The van der Waals surface area contributed by atoms with Crippen LogP contribution in [0.3, 0.4) is 0 Å². The number of nitrogens with one attached hydrogen (secondary N) is 2. The molecule has 0 atom stereocenters. The Morgan fingerprint density at radius 1 is 1.25 bits per heavy atom. The summed E-state index contributed by atoms with van der Waals surface area (Å²) >= 11 is 6.18. The van der Waals surface area contributed by atoms with E-state index in [1.807, 2.05) is 0 Å². The molecule has 0 saturated heterocycles. The van der Waals surface area contributed by atoms with Crippen molar-refractivity contribution >= 4 is 34.9 Å². The number of carbonyl (C=O) groups excluding carboxylic acids is 2. The van der Waals surface area contributed by atoms with Crippen molar-refractivity contribution in [3.05, 3.63) is 53.5 Å². The van der Waals surface area contributed by atoms with E-state index >= 15 is 0 Å². The minimum atomic E-state index is -0.862. The van der Waals surface area contributed by atoms with Gasteiger partial charge in [-0.05, 0) is 31.2 Å². The maximum Gasteiger partial charge on any atom is 0.315 e. The van der Waals surface area contributed by atoms with E-state index in [4.69, 9.17) is 11.6 Å². The van der Waals surface area contributed by atoms with Gasteiger partial charge in [0.1, 0.15) is 6.26 Å². The zero-order valence-electron chi connectivity index (χ0n) is 12.5. The second-order valence-electron chi connectivity index (χ2n) is 4.87. The van der Waals surface area contributed by atoms with Crippen molar-refractivity contribution in [3.8, 4) is 5.69 Å². The van der Waals surface area contributed by atoms with Gasteiger partial charge < -0.3 is 9.84 Å². The highest BCUT2D eigenvalue weighted by Crippen LogP contribution is 2.23.